The van der Waals surface area contributed by atoms with Crippen LogP contribution in [0.5, 0.6) is 0 Å². The predicted molar refractivity (Wildman–Crippen MR) is 99.8 cm³/mol. The van der Waals surface area contributed by atoms with Crippen molar-refractivity contribution < 1.29 is 18.8 Å². The number of nitrogens with one attached hydrogen (secondary N) is 1. The molecule has 28 heavy (non-hydrogen) atoms. The number of likely N-dealkylation sites (tertiary alicyclic amines) is 2. The number of carbonyl (C=O) groups excluding carboxylic acids is 3. The van der Waals surface area contributed by atoms with Crippen molar-refractivity contribution >= 4 is 17.8 Å². The van der Waals surface area contributed by atoms with E-state index in [9.17, 15) is 14.4 Å². The summed E-state index contributed by atoms with van der Waals surface area (Å²) >= 11 is 0. The van der Waals surface area contributed by atoms with Gasteiger partial charge in [0.25, 0.3) is 5.91 Å². The molecule has 0 saturated carbocycles. The van der Waals surface area contributed by atoms with Gasteiger partial charge in [0.2, 0.25) is 5.91 Å². The Morgan fingerprint density at radius 1 is 1.18 bits per heavy atom. The van der Waals surface area contributed by atoms with Gasteiger partial charge in [0.1, 0.15) is 6.04 Å². The summed E-state index contributed by atoms with van der Waals surface area (Å²) in [4.78, 5) is 43.1. The third kappa shape index (κ3) is 2.69. The van der Waals surface area contributed by atoms with Gasteiger partial charge in [-0.1, -0.05) is 0 Å². The third-order valence-corrected chi connectivity index (χ3v) is 6.88. The lowest BCUT2D eigenvalue weighted by Crippen LogP contribution is -2.55. The molecule has 4 amide bonds. The van der Waals surface area contributed by atoms with E-state index < -0.39 is 6.04 Å². The maximum atomic E-state index is 13.2. The highest BCUT2D eigenvalue weighted by Gasteiger charge is 2.45. The number of amides is 4. The van der Waals surface area contributed by atoms with Crippen LogP contribution >= 0.6 is 0 Å². The zero-order valence-electron chi connectivity index (χ0n) is 16.1. The number of furan rings is 1. The van der Waals surface area contributed by atoms with Gasteiger partial charge in [-0.15, -0.1) is 0 Å². The molecule has 0 spiro atoms. The Balaban J connectivity index is 1.31. The van der Waals surface area contributed by atoms with E-state index in [1.54, 1.807) is 13.3 Å². The van der Waals surface area contributed by atoms with E-state index in [1.165, 1.54) is 10.5 Å². The van der Waals surface area contributed by atoms with Crippen molar-refractivity contribution in [2.24, 2.45) is 5.92 Å². The van der Waals surface area contributed by atoms with Crippen LogP contribution < -0.4 is 5.32 Å². The molecule has 3 saturated heterocycles. The number of fused-ring (bicyclic) bond motifs is 2. The fourth-order valence-electron chi connectivity index (χ4n) is 5.28. The van der Waals surface area contributed by atoms with Gasteiger partial charge >= 0.3 is 6.03 Å². The molecule has 3 fully saturated rings. The van der Waals surface area contributed by atoms with E-state index in [2.05, 4.69) is 5.32 Å². The Morgan fingerprint density at radius 3 is 2.79 bits per heavy atom. The SMILES string of the molecule is CN1CC(C(=O)N2CC[C@@H]3CCN(C(=O)c4occ5c4CCC5)[C@@H]3C2)NC1=O. The van der Waals surface area contributed by atoms with E-state index in [1.807, 2.05) is 9.80 Å². The average Bonchev–Trinajstić information content (AvgIpc) is 3.44. The third-order valence-electron chi connectivity index (χ3n) is 6.88. The lowest BCUT2D eigenvalue weighted by Gasteiger charge is -2.39. The summed E-state index contributed by atoms with van der Waals surface area (Å²) in [6.07, 6.45) is 6.59. The summed E-state index contributed by atoms with van der Waals surface area (Å²) in [5, 5.41) is 2.75. The maximum Gasteiger partial charge on any atom is 0.317 e. The number of piperidine rings is 1. The molecule has 8 heteroatoms. The van der Waals surface area contributed by atoms with E-state index in [0.717, 1.165) is 37.7 Å². The van der Waals surface area contributed by atoms with Crippen LogP contribution in [0.15, 0.2) is 10.7 Å². The zero-order chi connectivity index (χ0) is 19.4. The Kier molecular flexibility index (Phi) is 4.10. The molecule has 0 aromatic carbocycles. The number of hydrogen-bond acceptors (Lipinski definition) is 4. The van der Waals surface area contributed by atoms with Crippen LogP contribution in [0.4, 0.5) is 4.79 Å². The fraction of sp³-hybridized carbons (Fsp3) is 0.650. The van der Waals surface area contributed by atoms with Crippen molar-refractivity contribution in [3.05, 3.63) is 23.2 Å². The van der Waals surface area contributed by atoms with Crippen LogP contribution in [0.2, 0.25) is 0 Å². The van der Waals surface area contributed by atoms with Gasteiger partial charge in [-0.25, -0.2) is 4.79 Å². The lowest BCUT2D eigenvalue weighted by molar-refractivity contribution is -0.135. The molecular weight excluding hydrogens is 360 g/mol. The van der Waals surface area contributed by atoms with Crippen molar-refractivity contribution in [2.75, 3.05) is 33.2 Å². The number of hydrogen-bond donors (Lipinski definition) is 1. The molecular formula is C20H26N4O4. The molecule has 1 unspecified atom stereocenters. The van der Waals surface area contributed by atoms with Gasteiger partial charge < -0.3 is 24.4 Å². The Hall–Kier alpha value is -2.51. The molecule has 1 N–H and O–H groups in total. The molecule has 1 aliphatic carbocycles. The minimum absolute atomic E-state index is 0.0288. The second kappa shape index (κ2) is 6.53. The molecule has 150 valence electrons. The minimum Gasteiger partial charge on any atom is -0.459 e. The highest BCUT2D eigenvalue weighted by molar-refractivity contribution is 5.94. The number of urea groups is 1. The molecule has 1 aromatic heterocycles. The van der Waals surface area contributed by atoms with Gasteiger partial charge in [0, 0.05) is 32.2 Å². The molecule has 0 radical (unpaired) electrons. The van der Waals surface area contributed by atoms with Crippen molar-refractivity contribution in [2.45, 2.75) is 44.2 Å². The predicted octanol–water partition coefficient (Wildman–Crippen LogP) is 0.855. The van der Waals surface area contributed by atoms with E-state index in [4.69, 9.17) is 4.42 Å². The summed E-state index contributed by atoms with van der Waals surface area (Å²) in [5.41, 5.74) is 2.24. The van der Waals surface area contributed by atoms with Crippen LogP contribution in [-0.2, 0) is 17.6 Å². The average molecular weight is 386 g/mol. The molecule has 0 bridgehead atoms. The first-order chi connectivity index (χ1) is 13.5. The van der Waals surface area contributed by atoms with E-state index >= 15 is 0 Å². The van der Waals surface area contributed by atoms with Crippen molar-refractivity contribution in [3.8, 4) is 0 Å². The largest absolute Gasteiger partial charge is 0.459 e. The van der Waals surface area contributed by atoms with Crippen molar-refractivity contribution in [1.29, 1.82) is 0 Å². The fourth-order valence-corrected chi connectivity index (χ4v) is 5.28. The summed E-state index contributed by atoms with van der Waals surface area (Å²) < 4.78 is 5.65. The van der Waals surface area contributed by atoms with Gasteiger partial charge in [-0.3, -0.25) is 9.59 Å². The minimum atomic E-state index is -0.493. The Bertz CT molecular complexity index is 834. The van der Waals surface area contributed by atoms with Crippen LogP contribution in [0.25, 0.3) is 0 Å². The van der Waals surface area contributed by atoms with Gasteiger partial charge in [-0.05, 0) is 43.6 Å². The smallest absolute Gasteiger partial charge is 0.317 e. The second-order valence-corrected chi connectivity index (χ2v) is 8.49. The van der Waals surface area contributed by atoms with Gasteiger partial charge in [0.05, 0.1) is 18.8 Å². The normalized spacial score (nSPS) is 29.1. The van der Waals surface area contributed by atoms with Gasteiger partial charge in [0.15, 0.2) is 5.76 Å². The lowest BCUT2D eigenvalue weighted by atomic mass is 9.91. The molecule has 1 aromatic rings. The number of carbonyl (C=O) groups is 3. The summed E-state index contributed by atoms with van der Waals surface area (Å²) in [6, 6.07) is -0.673. The first kappa shape index (κ1) is 17.6. The zero-order valence-corrected chi connectivity index (χ0v) is 16.1. The molecule has 8 nitrogen and oxygen atoms in total. The maximum absolute atomic E-state index is 13.2. The number of rotatable bonds is 2. The number of aryl methyl sites for hydroxylation is 1. The summed E-state index contributed by atoms with van der Waals surface area (Å²) in [6.45, 7) is 2.33. The number of likely N-dealkylation sites (N-methyl/N-ethyl adjacent to an activating group) is 1. The quantitative estimate of drug-likeness (QED) is 0.817. The molecule has 4 heterocycles. The summed E-state index contributed by atoms with van der Waals surface area (Å²) in [5.74, 6) is 0.853. The second-order valence-electron chi connectivity index (χ2n) is 8.49. The molecule has 4 aliphatic rings. The van der Waals surface area contributed by atoms with Crippen molar-refractivity contribution in [1.82, 2.24) is 20.0 Å². The van der Waals surface area contributed by atoms with Crippen LogP contribution in [0.1, 0.15) is 40.9 Å². The topological polar surface area (TPSA) is 86.1 Å². The monoisotopic (exact) mass is 386 g/mol. The van der Waals surface area contributed by atoms with Crippen LogP contribution in [0.3, 0.4) is 0 Å². The standard InChI is InChI=1S/C20H26N4O4/c1-22-9-15(21-20(22)27)18(25)23-7-5-12-6-8-24(16(12)10-23)19(26)17-14-4-2-3-13(14)11-28-17/h11-12,15-16H,2-10H2,1H3,(H,21,27)/t12-,15?,16-/m1/s1. The molecule has 5 rings (SSSR count). The molecule has 3 aliphatic heterocycles. The van der Waals surface area contributed by atoms with Crippen LogP contribution in [0, 0.1) is 5.92 Å². The number of nitrogens with zero attached hydrogens (tertiary/aromatic N) is 3. The van der Waals surface area contributed by atoms with E-state index in [0.29, 0.717) is 37.9 Å². The van der Waals surface area contributed by atoms with Crippen LogP contribution in [-0.4, -0.2) is 77.9 Å². The first-order valence-corrected chi connectivity index (χ1v) is 10.2. The molecule has 3 atom stereocenters. The Morgan fingerprint density at radius 2 is 2.00 bits per heavy atom. The van der Waals surface area contributed by atoms with Crippen molar-refractivity contribution in [3.63, 3.8) is 0 Å². The highest BCUT2D eigenvalue weighted by atomic mass is 16.3. The van der Waals surface area contributed by atoms with Gasteiger partial charge in [-0.2, -0.15) is 0 Å². The van der Waals surface area contributed by atoms with E-state index in [-0.39, 0.29) is 23.9 Å². The first-order valence-electron chi connectivity index (χ1n) is 10.2. The Labute approximate surface area is 163 Å². The highest BCUT2D eigenvalue weighted by Crippen LogP contribution is 2.35. The summed E-state index contributed by atoms with van der Waals surface area (Å²) in [7, 11) is 1.69.